The maximum absolute atomic E-state index is 12.4. The number of rotatable bonds is 5. The van der Waals surface area contributed by atoms with Crippen molar-refractivity contribution >= 4 is 27.5 Å². The zero-order chi connectivity index (χ0) is 19.6. The normalized spacial score (nSPS) is 11.2. The van der Waals surface area contributed by atoms with Gasteiger partial charge < -0.3 is 14.8 Å². The fourth-order valence-corrected chi connectivity index (χ4v) is 3.14. The molecule has 2 heterocycles. The van der Waals surface area contributed by atoms with Gasteiger partial charge in [-0.25, -0.2) is 18.1 Å². The summed E-state index contributed by atoms with van der Waals surface area (Å²) in [6.45, 7) is 3.38. The number of nitrogens with one attached hydrogen (secondary N) is 3. The molecule has 27 heavy (non-hydrogen) atoms. The molecule has 11 heteroatoms. The van der Waals surface area contributed by atoms with Crippen LogP contribution in [0.2, 0.25) is 0 Å². The molecular weight excluding hydrogens is 374 g/mol. The van der Waals surface area contributed by atoms with Crippen molar-refractivity contribution in [3.05, 3.63) is 64.0 Å². The Morgan fingerprint density at radius 3 is 2.48 bits per heavy atom. The number of benzene rings is 1. The van der Waals surface area contributed by atoms with Crippen LogP contribution in [0, 0.1) is 13.8 Å². The molecule has 0 aliphatic carbocycles. The number of anilines is 2. The number of sulfonamides is 1. The van der Waals surface area contributed by atoms with Gasteiger partial charge in [0.25, 0.3) is 21.5 Å². The van der Waals surface area contributed by atoms with Gasteiger partial charge in [-0.05, 0) is 38.1 Å². The molecule has 0 unspecified atom stereocenters. The van der Waals surface area contributed by atoms with E-state index >= 15 is 0 Å². The minimum absolute atomic E-state index is 0.0248. The van der Waals surface area contributed by atoms with E-state index in [9.17, 15) is 18.0 Å². The smallest absolute Gasteiger partial charge is 0.274 e. The first kappa shape index (κ1) is 18.3. The van der Waals surface area contributed by atoms with Crippen molar-refractivity contribution in [2.75, 3.05) is 10.0 Å². The Morgan fingerprint density at radius 1 is 1.19 bits per heavy atom. The Hall–Kier alpha value is -3.47. The molecule has 0 aliphatic rings. The zero-order valence-corrected chi connectivity index (χ0v) is 15.1. The highest BCUT2D eigenvalue weighted by atomic mass is 32.2. The van der Waals surface area contributed by atoms with Crippen molar-refractivity contribution in [2.45, 2.75) is 18.7 Å². The number of aromatic amines is 1. The molecule has 3 aromatic rings. The van der Waals surface area contributed by atoms with Gasteiger partial charge in [-0.3, -0.25) is 9.59 Å². The van der Waals surface area contributed by atoms with E-state index in [1.807, 2.05) is 0 Å². The molecule has 2 aromatic heterocycles. The summed E-state index contributed by atoms with van der Waals surface area (Å²) >= 11 is 0. The Bertz CT molecular complexity index is 1150. The molecular formula is C16H15N5O5S. The molecule has 0 saturated heterocycles. The van der Waals surface area contributed by atoms with Crippen molar-refractivity contribution in [3.63, 3.8) is 0 Å². The number of hydrogen-bond acceptors (Lipinski definition) is 7. The topological polar surface area (TPSA) is 147 Å². The van der Waals surface area contributed by atoms with E-state index in [0.717, 1.165) is 12.4 Å². The summed E-state index contributed by atoms with van der Waals surface area (Å²) in [5.74, 6) is -0.548. The number of carbonyl (C=O) groups excluding carboxylic acids is 1. The molecule has 140 valence electrons. The molecule has 0 atom stereocenters. The van der Waals surface area contributed by atoms with E-state index in [0.29, 0.717) is 16.9 Å². The molecule has 0 saturated carbocycles. The van der Waals surface area contributed by atoms with Crippen LogP contribution in [0.4, 0.5) is 11.6 Å². The Labute approximate surface area is 153 Å². The van der Waals surface area contributed by atoms with Crippen LogP contribution >= 0.6 is 0 Å². The van der Waals surface area contributed by atoms with E-state index in [4.69, 9.17) is 4.52 Å². The highest BCUT2D eigenvalue weighted by molar-refractivity contribution is 7.92. The Kier molecular flexibility index (Phi) is 4.77. The van der Waals surface area contributed by atoms with Crippen LogP contribution in [0.15, 0.2) is 50.9 Å². The SMILES string of the molecule is Cc1noc(NS(=O)(=O)c2ccc(NC(=O)c3cc(=O)[nH]cn3)cc2)c1C. The number of amides is 1. The summed E-state index contributed by atoms with van der Waals surface area (Å²) in [5, 5.41) is 6.22. The molecule has 3 N–H and O–H groups in total. The quantitative estimate of drug-likeness (QED) is 0.598. The number of carbonyl (C=O) groups is 1. The second kappa shape index (κ2) is 7.03. The van der Waals surface area contributed by atoms with Gasteiger partial charge in [-0.2, -0.15) is 0 Å². The molecule has 1 aromatic carbocycles. The van der Waals surface area contributed by atoms with E-state index < -0.39 is 21.5 Å². The molecule has 1 amide bonds. The third-order valence-electron chi connectivity index (χ3n) is 3.72. The highest BCUT2D eigenvalue weighted by Gasteiger charge is 2.19. The van der Waals surface area contributed by atoms with Crippen LogP contribution in [-0.4, -0.2) is 29.4 Å². The predicted molar refractivity (Wildman–Crippen MR) is 96.0 cm³/mol. The Morgan fingerprint density at radius 2 is 1.89 bits per heavy atom. The monoisotopic (exact) mass is 389 g/mol. The maximum Gasteiger partial charge on any atom is 0.274 e. The fraction of sp³-hybridized carbons (Fsp3) is 0.125. The first-order valence-electron chi connectivity index (χ1n) is 7.68. The predicted octanol–water partition coefficient (Wildman–Crippen LogP) is 1.43. The molecule has 0 fully saturated rings. The zero-order valence-electron chi connectivity index (χ0n) is 14.3. The van der Waals surface area contributed by atoms with Gasteiger partial charge in [-0.15, -0.1) is 0 Å². The van der Waals surface area contributed by atoms with Gasteiger partial charge in [0.1, 0.15) is 5.69 Å². The van der Waals surface area contributed by atoms with Gasteiger partial charge >= 0.3 is 0 Å². The lowest BCUT2D eigenvalue weighted by Crippen LogP contribution is -2.18. The lowest BCUT2D eigenvalue weighted by Gasteiger charge is -2.08. The van der Waals surface area contributed by atoms with Gasteiger partial charge in [0.2, 0.25) is 5.88 Å². The summed E-state index contributed by atoms with van der Waals surface area (Å²) < 4.78 is 32.1. The number of nitrogens with zero attached hydrogens (tertiary/aromatic N) is 2. The number of aryl methyl sites for hydroxylation is 1. The second-order valence-electron chi connectivity index (χ2n) is 5.60. The van der Waals surface area contributed by atoms with E-state index in [1.54, 1.807) is 13.8 Å². The van der Waals surface area contributed by atoms with Crippen LogP contribution in [0.3, 0.4) is 0 Å². The van der Waals surface area contributed by atoms with Crippen LogP contribution in [0.1, 0.15) is 21.7 Å². The van der Waals surface area contributed by atoms with Gasteiger partial charge in [0, 0.05) is 17.3 Å². The molecule has 10 nitrogen and oxygen atoms in total. The summed E-state index contributed by atoms with van der Waals surface area (Å²) in [4.78, 5) is 29.3. The third kappa shape index (κ3) is 4.03. The number of aromatic nitrogens is 3. The molecule has 0 bridgehead atoms. The Balaban J connectivity index is 1.75. The molecule has 0 spiro atoms. The average molecular weight is 389 g/mol. The van der Waals surface area contributed by atoms with Crippen molar-refractivity contribution in [1.29, 1.82) is 0 Å². The van der Waals surface area contributed by atoms with Crippen LogP contribution < -0.4 is 15.6 Å². The maximum atomic E-state index is 12.4. The standard InChI is InChI=1S/C16H15N5O5S/c1-9-10(2)20-26-16(9)21-27(24,25)12-5-3-11(4-6-12)19-15(23)13-7-14(22)18-8-17-13/h3-8,21H,1-2H3,(H,19,23)(H,17,18,22). The van der Waals surface area contributed by atoms with Crippen LogP contribution in [0.5, 0.6) is 0 Å². The summed E-state index contributed by atoms with van der Waals surface area (Å²) in [6, 6.07) is 6.53. The average Bonchev–Trinajstić information content (AvgIpc) is 2.94. The van der Waals surface area contributed by atoms with Gasteiger partial charge in [0.05, 0.1) is 16.9 Å². The first-order valence-corrected chi connectivity index (χ1v) is 9.16. The van der Waals surface area contributed by atoms with Crippen molar-refractivity contribution in [3.8, 4) is 0 Å². The van der Waals surface area contributed by atoms with Crippen molar-refractivity contribution in [1.82, 2.24) is 15.1 Å². The lowest BCUT2D eigenvalue weighted by molar-refractivity contribution is 0.102. The molecule has 0 radical (unpaired) electrons. The summed E-state index contributed by atoms with van der Waals surface area (Å²) in [5.41, 5.74) is 0.994. The van der Waals surface area contributed by atoms with Crippen LogP contribution in [-0.2, 0) is 10.0 Å². The second-order valence-corrected chi connectivity index (χ2v) is 7.28. The fourth-order valence-electron chi connectivity index (χ4n) is 2.10. The van der Waals surface area contributed by atoms with E-state index in [2.05, 4.69) is 25.2 Å². The third-order valence-corrected chi connectivity index (χ3v) is 5.06. The van der Waals surface area contributed by atoms with E-state index in [1.165, 1.54) is 24.3 Å². The largest absolute Gasteiger partial charge is 0.337 e. The highest BCUT2D eigenvalue weighted by Crippen LogP contribution is 2.22. The molecule has 0 aliphatic heterocycles. The lowest BCUT2D eigenvalue weighted by atomic mass is 10.3. The number of hydrogen-bond donors (Lipinski definition) is 3. The molecule has 3 rings (SSSR count). The number of H-pyrrole nitrogens is 1. The minimum atomic E-state index is -3.88. The first-order chi connectivity index (χ1) is 12.8. The minimum Gasteiger partial charge on any atom is -0.337 e. The van der Waals surface area contributed by atoms with Gasteiger partial charge in [0.15, 0.2) is 0 Å². The van der Waals surface area contributed by atoms with E-state index in [-0.39, 0.29) is 16.5 Å². The van der Waals surface area contributed by atoms with Crippen LogP contribution in [0.25, 0.3) is 0 Å². The summed E-state index contributed by atoms with van der Waals surface area (Å²) in [7, 11) is -3.88. The van der Waals surface area contributed by atoms with Crippen molar-refractivity contribution < 1.29 is 17.7 Å². The van der Waals surface area contributed by atoms with Gasteiger partial charge in [-0.1, -0.05) is 5.16 Å². The van der Waals surface area contributed by atoms with Crippen molar-refractivity contribution in [2.24, 2.45) is 0 Å². The summed E-state index contributed by atoms with van der Waals surface area (Å²) in [6.07, 6.45) is 1.12.